The molecule has 1 spiro atoms. The molecule has 0 bridgehead atoms. The average Bonchev–Trinajstić information content (AvgIpc) is 3.12. The van der Waals surface area contributed by atoms with Gasteiger partial charge in [-0.05, 0) is 102 Å². The highest BCUT2D eigenvalue weighted by Crippen LogP contribution is 2.68. The van der Waals surface area contributed by atoms with E-state index >= 15 is 0 Å². The molecule has 3 saturated carbocycles. The average molecular weight is 588 g/mol. The number of aliphatic hydroxyl groups excluding tert-OH is 1. The van der Waals surface area contributed by atoms with Crippen LogP contribution in [-0.2, 0) is 0 Å². The Hall–Kier alpha value is 0.460. The van der Waals surface area contributed by atoms with Gasteiger partial charge in [0.2, 0.25) is 0 Å². The number of fused-ring (bicyclic) bond motifs is 4. The van der Waals surface area contributed by atoms with Gasteiger partial charge < -0.3 is 31.3 Å². The molecule has 0 unspecified atom stereocenters. The van der Waals surface area contributed by atoms with Crippen molar-refractivity contribution < 1.29 is 21.5 Å². The zero-order valence-electron chi connectivity index (χ0n) is 20.4. The Labute approximate surface area is 215 Å². The minimum atomic E-state index is -0.0913. The first-order valence-corrected chi connectivity index (χ1v) is 11.5. The lowest BCUT2D eigenvalue weighted by molar-refractivity contribution is -0.125. The zero-order valence-corrected chi connectivity index (χ0v) is 23.9. The summed E-state index contributed by atoms with van der Waals surface area (Å²) in [6, 6.07) is 1.35. The monoisotopic (exact) mass is 586 g/mol. The first kappa shape index (κ1) is 32.5. The molecule has 5 rings (SSSR count). The van der Waals surface area contributed by atoms with E-state index in [1.807, 2.05) is 0 Å². The fraction of sp³-hybridized carbons (Fsp3) is 0.917. The Balaban J connectivity index is 0.00000192. The standard InChI is InChI=1S/C24H40N2O.2BrH.3H2O/c1-15-19-8-9-20-18-7-6-16-12-17(25(3)4)10-11-23(16,2)21(18)13-22(27)24(19,20)14-26(15)5;;;;;/h6,15,17-22,27H,7-14H2,1-5H3;2*1H;3*1H2/t15-,17-,18-,19+,20-,21-,22+,23-,24+;;;;;/m0...../s1. The molecular weight excluding hydrogens is 540 g/mol. The van der Waals surface area contributed by atoms with E-state index < -0.39 is 0 Å². The van der Waals surface area contributed by atoms with Crippen molar-refractivity contribution in [1.82, 2.24) is 9.80 Å². The van der Waals surface area contributed by atoms with E-state index in [9.17, 15) is 5.11 Å². The second kappa shape index (κ2) is 11.0. The van der Waals surface area contributed by atoms with Crippen LogP contribution in [-0.4, -0.2) is 77.2 Å². The van der Waals surface area contributed by atoms with Crippen LogP contribution in [0.25, 0.3) is 0 Å². The quantitative estimate of drug-likeness (QED) is 0.474. The van der Waals surface area contributed by atoms with Crippen LogP contribution >= 0.6 is 34.0 Å². The summed E-state index contributed by atoms with van der Waals surface area (Å²) in [6.07, 6.45) is 11.5. The summed E-state index contributed by atoms with van der Waals surface area (Å²) in [4.78, 5) is 4.98. The van der Waals surface area contributed by atoms with Gasteiger partial charge in [0.05, 0.1) is 6.10 Å². The van der Waals surface area contributed by atoms with Crippen LogP contribution in [0.2, 0.25) is 0 Å². The van der Waals surface area contributed by atoms with Crippen molar-refractivity contribution in [3.8, 4) is 0 Å². The van der Waals surface area contributed by atoms with Crippen LogP contribution in [0.15, 0.2) is 11.6 Å². The number of hydrogen-bond donors (Lipinski definition) is 1. The normalized spacial score (nSPS) is 46.3. The summed E-state index contributed by atoms with van der Waals surface area (Å²) in [7, 11) is 6.77. The van der Waals surface area contributed by atoms with Crippen molar-refractivity contribution in [2.24, 2.45) is 34.5 Å². The Morgan fingerprint density at radius 3 is 2.28 bits per heavy atom. The van der Waals surface area contributed by atoms with Crippen LogP contribution in [0.1, 0.15) is 58.8 Å². The third kappa shape index (κ3) is 4.19. The number of aliphatic hydroxyl groups is 1. The van der Waals surface area contributed by atoms with Crippen LogP contribution in [0.5, 0.6) is 0 Å². The molecule has 0 aromatic heterocycles. The van der Waals surface area contributed by atoms with Gasteiger partial charge in [0.1, 0.15) is 0 Å². The van der Waals surface area contributed by atoms with Crippen LogP contribution in [0.4, 0.5) is 0 Å². The third-order valence-electron chi connectivity index (χ3n) is 10.5. The summed E-state index contributed by atoms with van der Waals surface area (Å²) < 4.78 is 0. The number of rotatable bonds is 1. The topological polar surface area (TPSA) is 121 Å². The fourth-order valence-corrected chi connectivity index (χ4v) is 8.84. The summed E-state index contributed by atoms with van der Waals surface area (Å²) in [5.41, 5.74) is 2.26. The van der Waals surface area contributed by atoms with E-state index in [1.54, 1.807) is 5.57 Å². The third-order valence-corrected chi connectivity index (χ3v) is 10.5. The second-order valence-corrected chi connectivity index (χ2v) is 11.3. The molecule has 1 saturated heterocycles. The van der Waals surface area contributed by atoms with Gasteiger partial charge in [0.15, 0.2) is 0 Å². The Morgan fingerprint density at radius 1 is 1.03 bits per heavy atom. The molecule has 1 aliphatic heterocycles. The minimum Gasteiger partial charge on any atom is -0.412 e. The Bertz CT molecular complexity index is 666. The van der Waals surface area contributed by atoms with E-state index in [0.717, 1.165) is 24.8 Å². The molecule has 6 nitrogen and oxygen atoms in total. The van der Waals surface area contributed by atoms with Crippen molar-refractivity contribution in [1.29, 1.82) is 0 Å². The molecular formula is C24H48Br2N2O4. The van der Waals surface area contributed by atoms with E-state index in [2.05, 4.69) is 50.9 Å². The molecule has 7 N–H and O–H groups in total. The maximum Gasteiger partial charge on any atom is 0.0617 e. The summed E-state index contributed by atoms with van der Waals surface area (Å²) in [5.74, 6) is 2.96. The minimum absolute atomic E-state index is 0. The molecule has 0 amide bonds. The van der Waals surface area contributed by atoms with Crippen molar-refractivity contribution in [3.05, 3.63) is 11.6 Å². The highest BCUT2D eigenvalue weighted by molar-refractivity contribution is 8.93. The molecule has 5 aliphatic rings. The molecule has 0 aromatic carbocycles. The van der Waals surface area contributed by atoms with Crippen LogP contribution in [0, 0.1) is 34.5 Å². The summed E-state index contributed by atoms with van der Waals surface area (Å²) >= 11 is 0. The Morgan fingerprint density at radius 2 is 1.66 bits per heavy atom. The van der Waals surface area contributed by atoms with Gasteiger partial charge in [0.25, 0.3) is 0 Å². The molecule has 192 valence electrons. The molecule has 0 aromatic rings. The van der Waals surface area contributed by atoms with E-state index in [0.29, 0.717) is 29.3 Å². The summed E-state index contributed by atoms with van der Waals surface area (Å²) in [5, 5.41) is 11.6. The number of hydrogen-bond acceptors (Lipinski definition) is 3. The van der Waals surface area contributed by atoms with E-state index in [1.165, 1.54) is 38.5 Å². The lowest BCUT2D eigenvalue weighted by Crippen LogP contribution is -2.58. The molecule has 8 heteroatoms. The summed E-state index contributed by atoms with van der Waals surface area (Å²) in [6.45, 7) is 6.09. The van der Waals surface area contributed by atoms with Crippen LogP contribution < -0.4 is 0 Å². The highest BCUT2D eigenvalue weighted by Gasteiger charge is 2.67. The first-order valence-electron chi connectivity index (χ1n) is 11.5. The number of halogens is 2. The van der Waals surface area contributed by atoms with E-state index in [4.69, 9.17) is 0 Å². The number of allylic oxidation sites excluding steroid dienone is 1. The highest BCUT2D eigenvalue weighted by atomic mass is 79.9. The maximum absolute atomic E-state index is 11.6. The van der Waals surface area contributed by atoms with Crippen molar-refractivity contribution >= 4 is 34.0 Å². The Kier molecular flexibility index (Phi) is 11.2. The number of nitrogens with zero attached hydrogens (tertiary/aromatic N) is 2. The van der Waals surface area contributed by atoms with Gasteiger partial charge in [0, 0.05) is 24.0 Å². The number of likely N-dealkylation sites (tertiary alicyclic amines) is 1. The maximum atomic E-state index is 11.6. The molecule has 9 atom stereocenters. The van der Waals surface area contributed by atoms with Gasteiger partial charge in [-0.3, -0.25) is 0 Å². The fourth-order valence-electron chi connectivity index (χ4n) is 8.84. The van der Waals surface area contributed by atoms with Crippen LogP contribution in [0.3, 0.4) is 0 Å². The molecule has 32 heavy (non-hydrogen) atoms. The SMILES string of the molecule is Br.Br.C[C@H]1[C@H]2CC[C@H]3[C@@H]4CC=C5C[C@@H](N(C)C)CC[C@]5(C)[C@H]4C[C@@H](O)[C@]23CN1C.O.O.O. The van der Waals surface area contributed by atoms with E-state index in [-0.39, 0.29) is 61.9 Å². The lowest BCUT2D eigenvalue weighted by Gasteiger charge is -2.60. The van der Waals surface area contributed by atoms with Gasteiger partial charge in [-0.2, -0.15) is 0 Å². The molecule has 0 radical (unpaired) electrons. The molecule has 4 fully saturated rings. The van der Waals surface area contributed by atoms with Gasteiger partial charge >= 0.3 is 0 Å². The lowest BCUT2D eigenvalue weighted by atomic mass is 9.46. The van der Waals surface area contributed by atoms with Crippen molar-refractivity contribution in [2.45, 2.75) is 77.0 Å². The predicted molar refractivity (Wildman–Crippen MR) is 142 cm³/mol. The second-order valence-electron chi connectivity index (χ2n) is 11.3. The zero-order chi connectivity index (χ0) is 19.1. The van der Waals surface area contributed by atoms with Gasteiger partial charge in [-0.1, -0.05) is 18.6 Å². The molecule has 1 heterocycles. The largest absolute Gasteiger partial charge is 0.412 e. The van der Waals surface area contributed by atoms with Crippen molar-refractivity contribution in [3.63, 3.8) is 0 Å². The van der Waals surface area contributed by atoms with Crippen molar-refractivity contribution in [2.75, 3.05) is 27.7 Å². The van der Waals surface area contributed by atoms with Gasteiger partial charge in [-0.25, -0.2) is 0 Å². The molecule has 4 aliphatic carbocycles. The smallest absolute Gasteiger partial charge is 0.0617 e. The first-order chi connectivity index (χ1) is 12.8. The van der Waals surface area contributed by atoms with Gasteiger partial charge in [-0.15, -0.1) is 34.0 Å². The predicted octanol–water partition coefficient (Wildman–Crippen LogP) is 2.46.